The minimum atomic E-state index is -0.882. The second-order valence-electron chi connectivity index (χ2n) is 2.48. The average Bonchev–Trinajstić information content (AvgIpc) is 2.06. The zero-order valence-corrected chi connectivity index (χ0v) is 7.42. The van der Waals surface area contributed by atoms with E-state index < -0.39 is 5.97 Å². The standard InChI is InChI=1S/C9H10O2S/c10-9(11)8-3-1-7(2-4-8)5-6-12/h1-4,12H,5-6H2,(H,10,11). The van der Waals surface area contributed by atoms with Crippen molar-refractivity contribution in [3.63, 3.8) is 0 Å². The van der Waals surface area contributed by atoms with E-state index in [-0.39, 0.29) is 0 Å². The Labute approximate surface area is 76.6 Å². The van der Waals surface area contributed by atoms with Crippen LogP contribution in [0.2, 0.25) is 0 Å². The number of hydrogen-bond acceptors (Lipinski definition) is 2. The normalized spacial score (nSPS) is 9.75. The van der Waals surface area contributed by atoms with Crippen LogP contribution in [0.25, 0.3) is 0 Å². The van der Waals surface area contributed by atoms with E-state index in [1.807, 2.05) is 12.1 Å². The van der Waals surface area contributed by atoms with E-state index in [2.05, 4.69) is 12.6 Å². The molecule has 1 aromatic carbocycles. The van der Waals surface area contributed by atoms with Gasteiger partial charge in [-0.05, 0) is 29.9 Å². The third-order valence-electron chi connectivity index (χ3n) is 1.60. The summed E-state index contributed by atoms with van der Waals surface area (Å²) in [5.41, 5.74) is 1.45. The first-order valence-corrected chi connectivity index (χ1v) is 4.30. The molecule has 0 unspecified atom stereocenters. The first-order chi connectivity index (χ1) is 5.74. The van der Waals surface area contributed by atoms with E-state index in [0.29, 0.717) is 5.56 Å². The number of rotatable bonds is 3. The van der Waals surface area contributed by atoms with E-state index in [4.69, 9.17) is 5.11 Å². The third kappa shape index (κ3) is 2.27. The van der Waals surface area contributed by atoms with Crippen LogP contribution in [0.15, 0.2) is 24.3 Å². The highest BCUT2D eigenvalue weighted by Crippen LogP contribution is 2.05. The van der Waals surface area contributed by atoms with Crippen LogP contribution < -0.4 is 0 Å². The lowest BCUT2D eigenvalue weighted by Crippen LogP contribution is -1.96. The summed E-state index contributed by atoms with van der Waals surface area (Å²) in [6.07, 6.45) is 0.878. The Bertz CT molecular complexity index is 266. The van der Waals surface area contributed by atoms with Gasteiger partial charge in [0.05, 0.1) is 5.56 Å². The SMILES string of the molecule is O=C(O)c1ccc(CCS)cc1. The molecule has 0 amide bonds. The minimum absolute atomic E-state index is 0.331. The quantitative estimate of drug-likeness (QED) is 0.700. The lowest BCUT2D eigenvalue weighted by Gasteiger charge is -1.98. The molecule has 0 spiro atoms. The summed E-state index contributed by atoms with van der Waals surface area (Å²) in [5.74, 6) is -0.0979. The Morgan fingerprint density at radius 2 is 1.92 bits per heavy atom. The zero-order valence-electron chi connectivity index (χ0n) is 6.53. The summed E-state index contributed by atoms with van der Waals surface area (Å²) >= 11 is 4.08. The largest absolute Gasteiger partial charge is 0.478 e. The molecule has 0 saturated heterocycles. The summed E-state index contributed by atoms with van der Waals surface area (Å²) < 4.78 is 0. The molecule has 64 valence electrons. The number of carboxylic acid groups (broad SMARTS) is 1. The highest BCUT2D eigenvalue weighted by molar-refractivity contribution is 7.80. The summed E-state index contributed by atoms with van der Waals surface area (Å²) in [7, 11) is 0. The van der Waals surface area contributed by atoms with Crippen molar-refractivity contribution < 1.29 is 9.90 Å². The number of hydrogen-bond donors (Lipinski definition) is 2. The van der Waals surface area contributed by atoms with Crippen molar-refractivity contribution >= 4 is 18.6 Å². The maximum absolute atomic E-state index is 10.5. The topological polar surface area (TPSA) is 37.3 Å². The lowest BCUT2D eigenvalue weighted by atomic mass is 10.1. The molecule has 2 nitrogen and oxygen atoms in total. The summed E-state index contributed by atoms with van der Waals surface area (Å²) in [5, 5.41) is 8.59. The molecular formula is C9H10O2S. The van der Waals surface area contributed by atoms with Crippen molar-refractivity contribution in [3.05, 3.63) is 35.4 Å². The van der Waals surface area contributed by atoms with Gasteiger partial charge in [-0.25, -0.2) is 4.79 Å². The van der Waals surface area contributed by atoms with Gasteiger partial charge in [-0.1, -0.05) is 12.1 Å². The van der Waals surface area contributed by atoms with Gasteiger partial charge in [0.15, 0.2) is 0 Å². The van der Waals surface area contributed by atoms with E-state index in [9.17, 15) is 4.79 Å². The van der Waals surface area contributed by atoms with Gasteiger partial charge in [-0.3, -0.25) is 0 Å². The Morgan fingerprint density at radius 3 is 2.33 bits per heavy atom. The van der Waals surface area contributed by atoms with Crippen LogP contribution in [0, 0.1) is 0 Å². The predicted octanol–water partition coefficient (Wildman–Crippen LogP) is 1.86. The molecule has 0 aliphatic rings. The molecular weight excluding hydrogens is 172 g/mol. The van der Waals surface area contributed by atoms with Crippen molar-refractivity contribution in [2.45, 2.75) is 6.42 Å². The van der Waals surface area contributed by atoms with Gasteiger partial charge in [0.1, 0.15) is 0 Å². The van der Waals surface area contributed by atoms with Crippen molar-refractivity contribution in [2.75, 3.05) is 5.75 Å². The number of aromatic carboxylic acids is 1. The molecule has 0 fully saturated rings. The summed E-state index contributed by atoms with van der Waals surface area (Å²) in [6.45, 7) is 0. The highest BCUT2D eigenvalue weighted by Gasteiger charge is 2.00. The zero-order chi connectivity index (χ0) is 8.97. The van der Waals surface area contributed by atoms with Crippen molar-refractivity contribution in [1.29, 1.82) is 0 Å². The van der Waals surface area contributed by atoms with Crippen LogP contribution in [0.4, 0.5) is 0 Å². The van der Waals surface area contributed by atoms with Crippen LogP contribution in [0.5, 0.6) is 0 Å². The second kappa shape index (κ2) is 4.16. The van der Waals surface area contributed by atoms with Crippen LogP contribution in [0.3, 0.4) is 0 Å². The fourth-order valence-electron chi connectivity index (χ4n) is 0.943. The van der Waals surface area contributed by atoms with Crippen LogP contribution >= 0.6 is 12.6 Å². The van der Waals surface area contributed by atoms with E-state index in [1.54, 1.807) is 12.1 Å². The highest BCUT2D eigenvalue weighted by atomic mass is 32.1. The lowest BCUT2D eigenvalue weighted by molar-refractivity contribution is 0.0697. The smallest absolute Gasteiger partial charge is 0.335 e. The molecule has 0 aromatic heterocycles. The molecule has 0 aliphatic heterocycles. The van der Waals surface area contributed by atoms with Gasteiger partial charge in [0.25, 0.3) is 0 Å². The van der Waals surface area contributed by atoms with E-state index in [0.717, 1.165) is 17.7 Å². The molecule has 0 aliphatic carbocycles. The summed E-state index contributed by atoms with van der Waals surface area (Å²) in [6, 6.07) is 6.86. The fourth-order valence-corrected chi connectivity index (χ4v) is 1.20. The Balaban J connectivity index is 2.78. The van der Waals surface area contributed by atoms with Crippen LogP contribution in [-0.4, -0.2) is 16.8 Å². The van der Waals surface area contributed by atoms with Gasteiger partial charge < -0.3 is 5.11 Å². The van der Waals surface area contributed by atoms with Crippen LogP contribution in [-0.2, 0) is 6.42 Å². The predicted molar refractivity (Wildman–Crippen MR) is 51.0 cm³/mol. The maximum Gasteiger partial charge on any atom is 0.335 e. The van der Waals surface area contributed by atoms with Gasteiger partial charge in [-0.2, -0.15) is 12.6 Å². The Hall–Kier alpha value is -0.960. The van der Waals surface area contributed by atoms with Gasteiger partial charge in [-0.15, -0.1) is 0 Å². The van der Waals surface area contributed by atoms with Crippen LogP contribution in [0.1, 0.15) is 15.9 Å². The fraction of sp³-hybridized carbons (Fsp3) is 0.222. The van der Waals surface area contributed by atoms with Crippen molar-refractivity contribution in [2.24, 2.45) is 0 Å². The molecule has 3 heteroatoms. The monoisotopic (exact) mass is 182 g/mol. The molecule has 0 radical (unpaired) electrons. The maximum atomic E-state index is 10.5. The number of carbonyl (C=O) groups is 1. The van der Waals surface area contributed by atoms with Gasteiger partial charge >= 0.3 is 5.97 Å². The molecule has 0 bridgehead atoms. The Kier molecular flexibility index (Phi) is 3.17. The molecule has 0 atom stereocenters. The van der Waals surface area contributed by atoms with E-state index in [1.165, 1.54) is 0 Å². The molecule has 0 heterocycles. The number of aryl methyl sites for hydroxylation is 1. The second-order valence-corrected chi connectivity index (χ2v) is 2.92. The van der Waals surface area contributed by atoms with Crippen molar-refractivity contribution in [3.8, 4) is 0 Å². The number of carboxylic acids is 1. The van der Waals surface area contributed by atoms with E-state index >= 15 is 0 Å². The summed E-state index contributed by atoms with van der Waals surface area (Å²) in [4.78, 5) is 10.5. The Morgan fingerprint density at radius 1 is 1.33 bits per heavy atom. The number of thiol groups is 1. The first kappa shape index (κ1) is 9.13. The van der Waals surface area contributed by atoms with Gasteiger partial charge in [0, 0.05) is 0 Å². The molecule has 1 aromatic rings. The van der Waals surface area contributed by atoms with Gasteiger partial charge in [0.2, 0.25) is 0 Å². The molecule has 0 saturated carbocycles. The van der Waals surface area contributed by atoms with Crippen molar-refractivity contribution in [1.82, 2.24) is 0 Å². The third-order valence-corrected chi connectivity index (χ3v) is 1.82. The molecule has 12 heavy (non-hydrogen) atoms. The number of benzene rings is 1. The minimum Gasteiger partial charge on any atom is -0.478 e. The molecule has 1 N–H and O–H groups in total. The average molecular weight is 182 g/mol. The molecule has 1 rings (SSSR count). The first-order valence-electron chi connectivity index (χ1n) is 3.67.